The van der Waals surface area contributed by atoms with E-state index in [1.54, 1.807) is 12.1 Å². The fourth-order valence-electron chi connectivity index (χ4n) is 1.16. The summed E-state index contributed by atoms with van der Waals surface area (Å²) in [6.45, 7) is 1.53. The largest absolute Gasteiger partial charge is 0.489 e. The number of ether oxygens (including phenoxy) is 1. The van der Waals surface area contributed by atoms with Crippen LogP contribution in [0.4, 0.5) is 0 Å². The Hall–Kier alpha value is -0.810. The molecular formula is C11H16ClNO3. The maximum Gasteiger partial charge on any atom is 0.138 e. The molecule has 4 N–H and O–H groups in total. The van der Waals surface area contributed by atoms with E-state index in [1.807, 2.05) is 13.0 Å². The first kappa shape index (κ1) is 13.3. The maximum atomic E-state index is 9.11. The average Bonchev–Trinajstić information content (AvgIpc) is 2.26. The Labute approximate surface area is 99.6 Å². The molecule has 90 valence electrons. The number of rotatable bonds is 5. The van der Waals surface area contributed by atoms with Crippen LogP contribution < -0.4 is 10.5 Å². The molecule has 1 aromatic rings. The smallest absolute Gasteiger partial charge is 0.138 e. The van der Waals surface area contributed by atoms with Crippen molar-refractivity contribution in [1.29, 1.82) is 0 Å². The third-order valence-electron chi connectivity index (χ3n) is 2.12. The summed E-state index contributed by atoms with van der Waals surface area (Å²) in [4.78, 5) is 0. The zero-order chi connectivity index (χ0) is 12.1. The molecule has 1 aromatic carbocycles. The number of nitrogens with two attached hydrogens (primary N) is 1. The van der Waals surface area contributed by atoms with Gasteiger partial charge in [-0.05, 0) is 24.6 Å². The third kappa shape index (κ3) is 3.64. The molecule has 0 bridgehead atoms. The van der Waals surface area contributed by atoms with Gasteiger partial charge in [-0.15, -0.1) is 0 Å². The van der Waals surface area contributed by atoms with Crippen LogP contribution in [0, 0.1) is 0 Å². The second-order valence-electron chi connectivity index (χ2n) is 3.63. The predicted molar refractivity (Wildman–Crippen MR) is 62.6 cm³/mol. The molecule has 0 saturated heterocycles. The summed E-state index contributed by atoms with van der Waals surface area (Å²) < 4.78 is 5.24. The van der Waals surface area contributed by atoms with Gasteiger partial charge in [0.1, 0.15) is 18.5 Å². The van der Waals surface area contributed by atoms with E-state index in [0.717, 1.165) is 5.56 Å². The average molecular weight is 246 g/mol. The molecule has 0 aromatic heterocycles. The number of aliphatic hydroxyl groups is 2. The van der Waals surface area contributed by atoms with Crippen LogP contribution in [0.15, 0.2) is 18.2 Å². The maximum absolute atomic E-state index is 9.11. The number of hydrogen-bond donors (Lipinski definition) is 3. The lowest BCUT2D eigenvalue weighted by Gasteiger charge is -2.13. The second-order valence-corrected chi connectivity index (χ2v) is 4.03. The number of hydrogen-bond acceptors (Lipinski definition) is 4. The van der Waals surface area contributed by atoms with Crippen LogP contribution in [-0.4, -0.2) is 29.5 Å². The quantitative estimate of drug-likeness (QED) is 0.726. The Morgan fingerprint density at radius 3 is 2.69 bits per heavy atom. The number of benzene rings is 1. The van der Waals surface area contributed by atoms with Gasteiger partial charge in [0.2, 0.25) is 0 Å². The van der Waals surface area contributed by atoms with Crippen molar-refractivity contribution in [2.45, 2.75) is 19.1 Å². The molecule has 1 unspecified atom stereocenters. The summed E-state index contributed by atoms with van der Waals surface area (Å²) in [6, 6.07) is 5.16. The first-order valence-corrected chi connectivity index (χ1v) is 5.39. The van der Waals surface area contributed by atoms with Crippen LogP contribution in [0.2, 0.25) is 5.02 Å². The normalized spacial score (nSPS) is 14.6. The highest BCUT2D eigenvalue weighted by atomic mass is 35.5. The lowest BCUT2D eigenvalue weighted by molar-refractivity contribution is 0.0536. The summed E-state index contributed by atoms with van der Waals surface area (Å²) in [6.07, 6.45) is -0.899. The van der Waals surface area contributed by atoms with Gasteiger partial charge in [-0.2, -0.15) is 0 Å². The first-order chi connectivity index (χ1) is 7.54. The summed E-state index contributed by atoms with van der Waals surface area (Å²) in [7, 11) is 0. The highest BCUT2D eigenvalue weighted by Crippen LogP contribution is 2.27. The van der Waals surface area contributed by atoms with Crippen molar-refractivity contribution >= 4 is 11.6 Å². The number of halogens is 1. The minimum absolute atomic E-state index is 0.00768. The Bertz CT molecular complexity index is 344. The SMILES string of the molecule is C[C@H](N)c1ccc(OCC(O)CO)c(Cl)c1. The van der Waals surface area contributed by atoms with Crippen LogP contribution >= 0.6 is 11.6 Å². The minimum atomic E-state index is -0.899. The van der Waals surface area contributed by atoms with Crippen molar-refractivity contribution in [2.75, 3.05) is 13.2 Å². The molecule has 0 fully saturated rings. The van der Waals surface area contributed by atoms with Crippen molar-refractivity contribution in [3.05, 3.63) is 28.8 Å². The molecule has 2 atom stereocenters. The van der Waals surface area contributed by atoms with Crippen LogP contribution in [0.3, 0.4) is 0 Å². The topological polar surface area (TPSA) is 75.7 Å². The van der Waals surface area contributed by atoms with E-state index in [4.69, 9.17) is 32.3 Å². The standard InChI is InChI=1S/C11H16ClNO3/c1-7(13)8-2-3-11(10(12)4-8)16-6-9(15)5-14/h2-4,7,9,14-15H,5-6,13H2,1H3/t7-,9?/m0/s1. The summed E-state index contributed by atoms with van der Waals surface area (Å²) in [5.41, 5.74) is 6.62. The van der Waals surface area contributed by atoms with Gasteiger partial charge in [-0.25, -0.2) is 0 Å². The van der Waals surface area contributed by atoms with Gasteiger partial charge < -0.3 is 20.7 Å². The first-order valence-electron chi connectivity index (χ1n) is 5.01. The van der Waals surface area contributed by atoms with Gasteiger partial charge in [-0.1, -0.05) is 17.7 Å². The lowest BCUT2D eigenvalue weighted by Crippen LogP contribution is -2.21. The van der Waals surface area contributed by atoms with Crippen molar-refractivity contribution < 1.29 is 14.9 Å². The minimum Gasteiger partial charge on any atom is -0.489 e. The Morgan fingerprint density at radius 1 is 1.50 bits per heavy atom. The zero-order valence-electron chi connectivity index (χ0n) is 9.06. The molecule has 0 spiro atoms. The number of aliphatic hydroxyl groups excluding tert-OH is 2. The second kappa shape index (κ2) is 6.06. The van der Waals surface area contributed by atoms with Crippen molar-refractivity contribution in [1.82, 2.24) is 0 Å². The van der Waals surface area contributed by atoms with Gasteiger partial charge in [-0.3, -0.25) is 0 Å². The predicted octanol–water partition coefficient (Wildman–Crippen LogP) is 1.09. The van der Waals surface area contributed by atoms with E-state index in [9.17, 15) is 0 Å². The van der Waals surface area contributed by atoms with E-state index < -0.39 is 6.10 Å². The van der Waals surface area contributed by atoms with Gasteiger partial charge >= 0.3 is 0 Å². The van der Waals surface area contributed by atoms with E-state index in [-0.39, 0.29) is 19.3 Å². The molecule has 0 heterocycles. The Balaban J connectivity index is 2.68. The fraction of sp³-hybridized carbons (Fsp3) is 0.455. The summed E-state index contributed by atoms with van der Waals surface area (Å²) in [5, 5.41) is 18.2. The van der Waals surface area contributed by atoms with Crippen molar-refractivity contribution in [3.63, 3.8) is 0 Å². The van der Waals surface area contributed by atoms with Crippen LogP contribution in [-0.2, 0) is 0 Å². The molecule has 0 aliphatic heterocycles. The fourth-order valence-corrected chi connectivity index (χ4v) is 1.40. The molecule has 0 aliphatic carbocycles. The monoisotopic (exact) mass is 245 g/mol. The molecule has 0 radical (unpaired) electrons. The molecule has 16 heavy (non-hydrogen) atoms. The van der Waals surface area contributed by atoms with E-state index in [2.05, 4.69) is 0 Å². The van der Waals surface area contributed by atoms with Crippen molar-refractivity contribution in [2.24, 2.45) is 5.73 Å². The van der Waals surface area contributed by atoms with E-state index in [1.165, 1.54) is 0 Å². The molecule has 4 nitrogen and oxygen atoms in total. The van der Waals surface area contributed by atoms with E-state index >= 15 is 0 Å². The van der Waals surface area contributed by atoms with E-state index in [0.29, 0.717) is 10.8 Å². The highest BCUT2D eigenvalue weighted by Gasteiger charge is 2.08. The van der Waals surface area contributed by atoms with Crippen LogP contribution in [0.25, 0.3) is 0 Å². The summed E-state index contributed by atoms with van der Waals surface area (Å²) >= 11 is 5.98. The van der Waals surface area contributed by atoms with Crippen molar-refractivity contribution in [3.8, 4) is 5.75 Å². The zero-order valence-corrected chi connectivity index (χ0v) is 9.81. The van der Waals surface area contributed by atoms with Gasteiger partial charge in [0.05, 0.1) is 11.6 Å². The van der Waals surface area contributed by atoms with Crippen LogP contribution in [0.1, 0.15) is 18.5 Å². The van der Waals surface area contributed by atoms with Gasteiger partial charge in [0, 0.05) is 6.04 Å². The van der Waals surface area contributed by atoms with Gasteiger partial charge in [0.25, 0.3) is 0 Å². The molecule has 0 amide bonds. The Kier molecular flexibility index (Phi) is 5.02. The molecular weight excluding hydrogens is 230 g/mol. The third-order valence-corrected chi connectivity index (χ3v) is 2.42. The molecule has 5 heteroatoms. The lowest BCUT2D eigenvalue weighted by atomic mass is 10.1. The molecule has 1 rings (SSSR count). The Morgan fingerprint density at radius 2 is 2.19 bits per heavy atom. The van der Waals surface area contributed by atoms with Crippen LogP contribution in [0.5, 0.6) is 5.75 Å². The molecule has 0 saturated carbocycles. The summed E-state index contributed by atoms with van der Waals surface area (Å²) in [5.74, 6) is 0.471. The highest BCUT2D eigenvalue weighted by molar-refractivity contribution is 6.32. The molecule has 0 aliphatic rings. The van der Waals surface area contributed by atoms with Gasteiger partial charge in [0.15, 0.2) is 0 Å².